The number of nitrogens with one attached hydrogen (secondary N) is 1. The van der Waals surface area contributed by atoms with Crippen LogP contribution in [0.1, 0.15) is 83.0 Å². The Morgan fingerprint density at radius 2 is 1.81 bits per heavy atom. The van der Waals surface area contributed by atoms with Crippen molar-refractivity contribution >= 4 is 17.6 Å². The second kappa shape index (κ2) is 12.8. The Bertz CT molecular complexity index is 1510. The fourth-order valence-electron chi connectivity index (χ4n) is 9.26. The molecule has 1 aromatic carbocycles. The van der Waals surface area contributed by atoms with E-state index in [-0.39, 0.29) is 45.5 Å². The van der Waals surface area contributed by atoms with E-state index >= 15 is 0 Å². The molecule has 260 valence electrons. The number of anilines is 1. The third-order valence-corrected chi connectivity index (χ3v) is 12.1. The lowest BCUT2D eigenvalue weighted by Crippen LogP contribution is -2.61. The molecule has 4 saturated heterocycles. The van der Waals surface area contributed by atoms with E-state index in [0.29, 0.717) is 24.2 Å². The van der Waals surface area contributed by atoms with Crippen molar-refractivity contribution in [3.05, 3.63) is 35.9 Å². The molecule has 0 atom stereocenters. The van der Waals surface area contributed by atoms with Gasteiger partial charge in [-0.2, -0.15) is 0 Å². The quantitative estimate of drug-likeness (QED) is 0.420. The third kappa shape index (κ3) is 6.14. The highest BCUT2D eigenvalue weighted by atomic mass is 19.1. The molecule has 1 saturated carbocycles. The van der Waals surface area contributed by atoms with Gasteiger partial charge in [-0.15, -0.1) is 10.2 Å². The number of piperidine rings is 1. The average Bonchev–Trinajstić information content (AvgIpc) is 3.33. The molecule has 5 heterocycles. The maximum absolute atomic E-state index is 14.3. The standard InChI is InChI=1S/C36H51FN8O3/c1-5-42-22-35(23-42)19-36(40-33(35)47)11-9-26(10-12-36)18-43-15-13-34(14-16-43)20-44(21-34)30-31(41-39-24-38-30)48-29-8-7-27(37)17-28(29)32(46)45(6-2)25(3)4/h7-8,17,24-26H,5-6,9-16,18-23H2,1-4H3,(H,40,47). The van der Waals surface area contributed by atoms with Crippen LogP contribution >= 0.6 is 0 Å². The molecule has 1 aromatic heterocycles. The summed E-state index contributed by atoms with van der Waals surface area (Å²) in [4.78, 5) is 39.7. The molecule has 4 aliphatic heterocycles. The number of hydrogen-bond acceptors (Lipinski definition) is 9. The summed E-state index contributed by atoms with van der Waals surface area (Å²) in [5.74, 6) is 1.26. The first-order chi connectivity index (χ1) is 23.1. The third-order valence-electron chi connectivity index (χ3n) is 12.1. The van der Waals surface area contributed by atoms with Gasteiger partial charge in [0.25, 0.3) is 11.8 Å². The molecule has 12 heteroatoms. The Morgan fingerprint density at radius 3 is 2.48 bits per heavy atom. The minimum Gasteiger partial charge on any atom is -0.434 e. The molecule has 0 bridgehead atoms. The molecule has 1 N–H and O–H groups in total. The van der Waals surface area contributed by atoms with Gasteiger partial charge in [-0.25, -0.2) is 9.37 Å². The number of halogens is 1. The number of likely N-dealkylation sites (tertiary alicyclic amines) is 2. The summed E-state index contributed by atoms with van der Waals surface area (Å²) < 4.78 is 20.5. The van der Waals surface area contributed by atoms with Crippen LogP contribution in [0.2, 0.25) is 0 Å². The summed E-state index contributed by atoms with van der Waals surface area (Å²) >= 11 is 0. The van der Waals surface area contributed by atoms with Crippen LogP contribution in [-0.4, -0.2) is 112 Å². The van der Waals surface area contributed by atoms with Gasteiger partial charge < -0.3 is 29.7 Å². The highest BCUT2D eigenvalue weighted by Crippen LogP contribution is 2.50. The molecule has 0 radical (unpaired) electrons. The molecule has 0 unspecified atom stereocenters. The number of hydrogen-bond donors (Lipinski definition) is 1. The number of amides is 2. The maximum Gasteiger partial charge on any atom is 0.282 e. The van der Waals surface area contributed by atoms with Crippen LogP contribution in [0.15, 0.2) is 24.5 Å². The van der Waals surface area contributed by atoms with E-state index in [9.17, 15) is 14.0 Å². The van der Waals surface area contributed by atoms with Gasteiger partial charge in [0, 0.05) is 56.3 Å². The number of nitrogens with zero attached hydrogens (tertiary/aromatic N) is 7. The Morgan fingerprint density at radius 1 is 1.08 bits per heavy atom. The van der Waals surface area contributed by atoms with Crippen molar-refractivity contribution in [2.45, 2.75) is 84.2 Å². The van der Waals surface area contributed by atoms with Gasteiger partial charge in [-0.05, 0) is 109 Å². The summed E-state index contributed by atoms with van der Waals surface area (Å²) in [6.45, 7) is 16.4. The lowest BCUT2D eigenvalue weighted by atomic mass is 9.68. The van der Waals surface area contributed by atoms with Crippen LogP contribution in [0.3, 0.4) is 0 Å². The van der Waals surface area contributed by atoms with E-state index < -0.39 is 5.82 Å². The van der Waals surface area contributed by atoms with Crippen molar-refractivity contribution in [1.82, 2.24) is 35.2 Å². The minimum atomic E-state index is -0.501. The van der Waals surface area contributed by atoms with Gasteiger partial charge in [-0.1, -0.05) is 6.92 Å². The van der Waals surface area contributed by atoms with Crippen molar-refractivity contribution in [3.8, 4) is 11.6 Å². The number of aromatic nitrogens is 3. The van der Waals surface area contributed by atoms with Gasteiger partial charge in [0.1, 0.15) is 17.9 Å². The van der Waals surface area contributed by atoms with E-state index in [2.05, 4.69) is 42.1 Å². The average molecular weight is 663 g/mol. The van der Waals surface area contributed by atoms with Gasteiger partial charge in [0.2, 0.25) is 5.91 Å². The van der Waals surface area contributed by atoms with Crippen molar-refractivity contribution in [1.29, 1.82) is 0 Å². The van der Waals surface area contributed by atoms with Crippen LogP contribution < -0.4 is 15.0 Å². The predicted octanol–water partition coefficient (Wildman–Crippen LogP) is 4.35. The molecule has 5 aliphatic rings. The van der Waals surface area contributed by atoms with Crippen molar-refractivity contribution in [2.24, 2.45) is 16.7 Å². The first-order valence-corrected chi connectivity index (χ1v) is 18.0. The Kier molecular flexibility index (Phi) is 8.85. The maximum atomic E-state index is 14.3. The van der Waals surface area contributed by atoms with Gasteiger partial charge in [-0.3, -0.25) is 9.59 Å². The van der Waals surface area contributed by atoms with E-state index in [0.717, 1.165) is 84.5 Å². The van der Waals surface area contributed by atoms with E-state index in [4.69, 9.17) is 4.74 Å². The van der Waals surface area contributed by atoms with Gasteiger partial charge in [0.15, 0.2) is 5.82 Å². The number of benzene rings is 1. The SMILES string of the molecule is CCN1CC2(C1)CC1(CCC(CN3CCC4(CC3)CN(c3ncnnc3Oc3ccc(F)cc3C(=O)N(CC)C(C)C)C4)CC1)NC2=O. The number of ether oxygens (including phenoxy) is 1. The van der Waals surface area contributed by atoms with E-state index in [1.54, 1.807) is 4.90 Å². The number of rotatable bonds is 9. The largest absolute Gasteiger partial charge is 0.434 e. The van der Waals surface area contributed by atoms with E-state index in [1.165, 1.54) is 37.4 Å². The first-order valence-electron chi connectivity index (χ1n) is 18.0. The predicted molar refractivity (Wildman–Crippen MR) is 180 cm³/mol. The van der Waals surface area contributed by atoms with Crippen LogP contribution in [-0.2, 0) is 4.79 Å². The zero-order valence-corrected chi connectivity index (χ0v) is 29.0. The molecule has 3 spiro atoms. The fraction of sp³-hybridized carbons (Fsp3) is 0.694. The lowest BCUT2D eigenvalue weighted by Gasteiger charge is -2.54. The van der Waals surface area contributed by atoms with Crippen LogP contribution in [0.5, 0.6) is 11.6 Å². The van der Waals surface area contributed by atoms with E-state index in [1.807, 2.05) is 20.8 Å². The fourth-order valence-corrected chi connectivity index (χ4v) is 9.26. The Balaban J connectivity index is 0.916. The minimum absolute atomic E-state index is 0.0327. The summed E-state index contributed by atoms with van der Waals surface area (Å²) in [7, 11) is 0. The van der Waals surface area contributed by atoms with Crippen LogP contribution in [0.4, 0.5) is 10.2 Å². The molecular formula is C36H51FN8O3. The molecule has 7 rings (SSSR count). The van der Waals surface area contributed by atoms with Gasteiger partial charge >= 0.3 is 0 Å². The van der Waals surface area contributed by atoms with Crippen molar-refractivity contribution in [3.63, 3.8) is 0 Å². The molecule has 2 aromatic rings. The highest BCUT2D eigenvalue weighted by Gasteiger charge is 2.59. The first kappa shape index (κ1) is 33.1. The van der Waals surface area contributed by atoms with Crippen LogP contribution in [0.25, 0.3) is 0 Å². The topological polar surface area (TPSA) is 107 Å². The number of carbonyl (C=O) groups is 2. The molecule has 5 fully saturated rings. The smallest absolute Gasteiger partial charge is 0.282 e. The molecule has 1 aliphatic carbocycles. The lowest BCUT2D eigenvalue weighted by molar-refractivity contribution is -0.136. The normalized spacial score (nSPS) is 26.5. The number of carbonyl (C=O) groups excluding carboxylic acids is 2. The summed E-state index contributed by atoms with van der Waals surface area (Å²) in [6.07, 6.45) is 9.34. The zero-order chi connectivity index (χ0) is 33.7. The molecular weight excluding hydrogens is 611 g/mol. The van der Waals surface area contributed by atoms with Crippen LogP contribution in [0, 0.1) is 22.6 Å². The van der Waals surface area contributed by atoms with Crippen molar-refractivity contribution in [2.75, 3.05) is 63.8 Å². The summed E-state index contributed by atoms with van der Waals surface area (Å²) in [5.41, 5.74) is 0.303. The zero-order valence-electron chi connectivity index (χ0n) is 29.0. The Labute approximate surface area is 283 Å². The summed E-state index contributed by atoms with van der Waals surface area (Å²) in [6, 6.07) is 3.94. The molecule has 48 heavy (non-hydrogen) atoms. The van der Waals surface area contributed by atoms with Crippen molar-refractivity contribution < 1.29 is 18.7 Å². The second-order valence-corrected chi connectivity index (χ2v) is 15.6. The molecule has 2 amide bonds. The molecule has 11 nitrogen and oxygen atoms in total. The highest BCUT2D eigenvalue weighted by molar-refractivity contribution is 5.97. The van der Waals surface area contributed by atoms with Gasteiger partial charge in [0.05, 0.1) is 11.0 Å². The summed E-state index contributed by atoms with van der Waals surface area (Å²) in [5, 5.41) is 11.7. The Hall–Kier alpha value is -3.38. The monoisotopic (exact) mass is 662 g/mol. The second-order valence-electron chi connectivity index (χ2n) is 15.6.